The standard InChI is InChI=1S/C70H136O17P2/c1-7-10-12-14-16-18-20-21-24-28-35-41-47-53-68(73)81-58-65(86-69(74)54-48-42-36-29-25-22-23-26-32-38-44-50-62(4)5)60-84-88(76,77)82-56-64(71)57-83-89(78,79)85-61-66(59-80-67(72)52-46-40-34-27-19-17-15-13-11-8-2)87-70(75)55-49-43-37-31-30-33-39-45-51-63(6)9-3/h62-66,71H,7-61H2,1-6H3,(H,76,77)(H,78,79)/t63?,64-,65-,66-/m1/s1. The van der Waals surface area contributed by atoms with Crippen LogP contribution in [0.5, 0.6) is 0 Å². The van der Waals surface area contributed by atoms with Gasteiger partial charge in [-0.1, -0.05) is 305 Å². The van der Waals surface area contributed by atoms with E-state index >= 15 is 0 Å². The summed E-state index contributed by atoms with van der Waals surface area (Å²) in [5, 5.41) is 10.6. The molecule has 17 nitrogen and oxygen atoms in total. The maximum Gasteiger partial charge on any atom is 0.472 e. The van der Waals surface area contributed by atoms with Gasteiger partial charge in [-0.25, -0.2) is 9.13 Å². The summed E-state index contributed by atoms with van der Waals surface area (Å²) in [6.45, 7) is 9.54. The first-order valence-electron chi connectivity index (χ1n) is 36.5. The highest BCUT2D eigenvalue weighted by Crippen LogP contribution is 2.45. The fraction of sp³-hybridized carbons (Fsp3) is 0.943. The first-order valence-corrected chi connectivity index (χ1v) is 39.5. The Morgan fingerprint density at radius 1 is 0.326 bits per heavy atom. The smallest absolute Gasteiger partial charge is 0.462 e. The van der Waals surface area contributed by atoms with Gasteiger partial charge in [-0.15, -0.1) is 0 Å². The molecule has 528 valence electrons. The van der Waals surface area contributed by atoms with Gasteiger partial charge >= 0.3 is 39.5 Å². The topological polar surface area (TPSA) is 237 Å². The predicted octanol–water partition coefficient (Wildman–Crippen LogP) is 20.0. The minimum Gasteiger partial charge on any atom is -0.462 e. The number of hydrogen-bond donors (Lipinski definition) is 3. The van der Waals surface area contributed by atoms with Crippen LogP contribution in [0.2, 0.25) is 0 Å². The number of unbranched alkanes of at least 4 members (excludes halogenated alkanes) is 38. The quantitative estimate of drug-likeness (QED) is 0.0222. The van der Waals surface area contributed by atoms with Gasteiger partial charge in [0.25, 0.3) is 0 Å². The van der Waals surface area contributed by atoms with Gasteiger partial charge < -0.3 is 33.8 Å². The van der Waals surface area contributed by atoms with E-state index in [1.807, 2.05) is 0 Å². The summed E-state index contributed by atoms with van der Waals surface area (Å²) >= 11 is 0. The van der Waals surface area contributed by atoms with Gasteiger partial charge in [-0.2, -0.15) is 0 Å². The molecular formula is C70H136O17P2. The molecule has 0 rings (SSSR count). The summed E-state index contributed by atoms with van der Waals surface area (Å²) in [7, 11) is -9.90. The van der Waals surface area contributed by atoms with Crippen molar-refractivity contribution in [3.8, 4) is 0 Å². The molecule has 0 aromatic carbocycles. The summed E-state index contributed by atoms with van der Waals surface area (Å²) in [6, 6.07) is 0. The van der Waals surface area contributed by atoms with Gasteiger partial charge in [-0.05, 0) is 37.5 Å². The molecule has 0 aromatic heterocycles. The number of hydrogen-bond acceptors (Lipinski definition) is 15. The molecule has 0 radical (unpaired) electrons. The number of ether oxygens (including phenoxy) is 4. The second kappa shape index (κ2) is 62.2. The van der Waals surface area contributed by atoms with Crippen LogP contribution in [0.25, 0.3) is 0 Å². The van der Waals surface area contributed by atoms with Gasteiger partial charge in [-0.3, -0.25) is 37.3 Å². The lowest BCUT2D eigenvalue weighted by Crippen LogP contribution is -2.30. The molecule has 0 aromatic rings. The SMILES string of the molecule is CCCCCCCCCCCCCCCC(=O)OC[C@H](COP(=O)(O)OC[C@@H](O)COP(=O)(O)OC[C@@H](COC(=O)CCCCCCCCCCCC)OC(=O)CCCCCCCCCCC(C)CC)OC(=O)CCCCCCCCCCCCCC(C)C. The minimum absolute atomic E-state index is 0.105. The molecule has 0 spiro atoms. The fourth-order valence-corrected chi connectivity index (χ4v) is 12.1. The van der Waals surface area contributed by atoms with E-state index in [1.165, 1.54) is 173 Å². The summed E-state index contributed by atoms with van der Waals surface area (Å²) in [5.74, 6) is -0.589. The van der Waals surface area contributed by atoms with Gasteiger partial charge in [0.05, 0.1) is 26.4 Å². The van der Waals surface area contributed by atoms with E-state index in [2.05, 4.69) is 41.5 Å². The third-order valence-electron chi connectivity index (χ3n) is 16.6. The molecule has 0 fully saturated rings. The lowest BCUT2D eigenvalue weighted by Gasteiger charge is -2.21. The second-order valence-electron chi connectivity index (χ2n) is 26.0. The summed E-state index contributed by atoms with van der Waals surface area (Å²) in [5.41, 5.74) is 0. The Hall–Kier alpha value is -1.94. The van der Waals surface area contributed by atoms with Gasteiger partial charge in [0, 0.05) is 25.7 Å². The maximum absolute atomic E-state index is 13.0. The zero-order valence-electron chi connectivity index (χ0n) is 57.7. The largest absolute Gasteiger partial charge is 0.472 e. The van der Waals surface area contributed by atoms with Crippen LogP contribution < -0.4 is 0 Å². The Balaban J connectivity index is 5.26. The van der Waals surface area contributed by atoms with Crippen molar-refractivity contribution in [1.82, 2.24) is 0 Å². The molecule has 3 unspecified atom stereocenters. The lowest BCUT2D eigenvalue weighted by molar-refractivity contribution is -0.161. The third-order valence-corrected chi connectivity index (χ3v) is 18.5. The average Bonchev–Trinajstić information content (AvgIpc) is 3.72. The first kappa shape index (κ1) is 87.1. The van der Waals surface area contributed by atoms with Gasteiger partial charge in [0.2, 0.25) is 0 Å². The summed E-state index contributed by atoms with van der Waals surface area (Å²) in [4.78, 5) is 72.5. The number of phosphoric acid groups is 2. The number of phosphoric ester groups is 2. The highest BCUT2D eigenvalue weighted by molar-refractivity contribution is 7.47. The highest BCUT2D eigenvalue weighted by atomic mass is 31.2. The molecule has 0 saturated carbocycles. The van der Waals surface area contributed by atoms with Gasteiger partial charge in [0.1, 0.15) is 19.3 Å². The van der Waals surface area contributed by atoms with E-state index < -0.39 is 97.5 Å². The van der Waals surface area contributed by atoms with Gasteiger partial charge in [0.15, 0.2) is 12.2 Å². The summed E-state index contributed by atoms with van der Waals surface area (Å²) in [6.07, 6.45) is 47.0. The van der Waals surface area contributed by atoms with Crippen LogP contribution in [0.1, 0.15) is 356 Å². The molecule has 0 amide bonds. The minimum atomic E-state index is -4.95. The molecule has 3 N–H and O–H groups in total. The second-order valence-corrected chi connectivity index (χ2v) is 28.9. The van der Waals surface area contributed by atoms with Crippen LogP contribution >= 0.6 is 15.6 Å². The van der Waals surface area contributed by atoms with E-state index in [4.69, 9.17) is 37.0 Å². The summed E-state index contributed by atoms with van der Waals surface area (Å²) < 4.78 is 68.3. The van der Waals surface area contributed by atoms with E-state index in [0.29, 0.717) is 25.7 Å². The molecule has 0 saturated heterocycles. The first-order chi connectivity index (χ1) is 42.9. The van der Waals surface area contributed by atoms with Crippen LogP contribution in [-0.2, 0) is 65.4 Å². The van der Waals surface area contributed by atoms with E-state index in [9.17, 15) is 43.2 Å². The third kappa shape index (κ3) is 63.2. The average molecular weight is 1310 g/mol. The van der Waals surface area contributed by atoms with Crippen LogP contribution in [0, 0.1) is 11.8 Å². The van der Waals surface area contributed by atoms with Crippen LogP contribution in [-0.4, -0.2) is 96.7 Å². The monoisotopic (exact) mass is 1310 g/mol. The van der Waals surface area contributed by atoms with Crippen molar-refractivity contribution < 1.29 is 80.2 Å². The van der Waals surface area contributed by atoms with E-state index in [-0.39, 0.29) is 25.7 Å². The predicted molar refractivity (Wildman–Crippen MR) is 358 cm³/mol. The van der Waals surface area contributed by atoms with Crippen molar-refractivity contribution in [1.29, 1.82) is 0 Å². The Morgan fingerprint density at radius 3 is 0.854 bits per heavy atom. The van der Waals surface area contributed by atoms with Crippen molar-refractivity contribution in [2.45, 2.75) is 374 Å². The number of rotatable bonds is 69. The van der Waals surface area contributed by atoms with Crippen molar-refractivity contribution >= 4 is 39.5 Å². The number of aliphatic hydroxyl groups is 1. The van der Waals surface area contributed by atoms with Crippen molar-refractivity contribution in [3.05, 3.63) is 0 Å². The number of esters is 4. The van der Waals surface area contributed by atoms with Crippen molar-refractivity contribution in [2.75, 3.05) is 39.6 Å². The lowest BCUT2D eigenvalue weighted by atomic mass is 9.99. The van der Waals surface area contributed by atoms with Crippen molar-refractivity contribution in [2.24, 2.45) is 11.8 Å². The zero-order valence-corrected chi connectivity index (χ0v) is 59.5. The normalized spacial score (nSPS) is 14.4. The van der Waals surface area contributed by atoms with Crippen LogP contribution in [0.3, 0.4) is 0 Å². The Morgan fingerprint density at radius 2 is 0.573 bits per heavy atom. The molecule has 19 heteroatoms. The highest BCUT2D eigenvalue weighted by Gasteiger charge is 2.30. The Bertz CT molecular complexity index is 1740. The van der Waals surface area contributed by atoms with E-state index in [1.54, 1.807) is 0 Å². The zero-order chi connectivity index (χ0) is 65.7. The molecule has 0 aliphatic rings. The Kier molecular flexibility index (Phi) is 60.8. The molecular weight excluding hydrogens is 1170 g/mol. The maximum atomic E-state index is 13.0. The van der Waals surface area contributed by atoms with Crippen LogP contribution in [0.4, 0.5) is 0 Å². The molecule has 0 bridgehead atoms. The molecule has 0 aliphatic carbocycles. The Labute approximate surface area is 543 Å². The fourth-order valence-electron chi connectivity index (χ4n) is 10.6. The molecule has 0 aliphatic heterocycles. The molecule has 89 heavy (non-hydrogen) atoms. The number of carbonyl (C=O) groups is 4. The van der Waals surface area contributed by atoms with Crippen molar-refractivity contribution in [3.63, 3.8) is 0 Å². The molecule has 6 atom stereocenters. The number of aliphatic hydroxyl groups excluding tert-OH is 1. The van der Waals surface area contributed by atoms with E-state index in [0.717, 1.165) is 102 Å². The van der Waals surface area contributed by atoms with Crippen LogP contribution in [0.15, 0.2) is 0 Å². The molecule has 0 heterocycles. The number of carbonyl (C=O) groups excluding carboxylic acids is 4.